The van der Waals surface area contributed by atoms with Crippen LogP contribution >= 0.6 is 0 Å². The Hall–Kier alpha value is -2.89. The maximum Gasteiger partial charge on any atom is 0.306 e. The molecule has 0 bridgehead atoms. The van der Waals surface area contributed by atoms with E-state index in [-0.39, 0.29) is 31.1 Å². The third-order valence-electron chi connectivity index (χ3n) is 9.99. The lowest BCUT2D eigenvalue weighted by atomic mass is 10.1. The van der Waals surface area contributed by atoms with E-state index in [1.807, 2.05) is 0 Å². The van der Waals surface area contributed by atoms with Crippen LogP contribution in [0.3, 0.4) is 0 Å². The third-order valence-corrected chi connectivity index (χ3v) is 9.99. The van der Waals surface area contributed by atoms with Crippen LogP contribution in [0.15, 0.2) is 60.8 Å². The van der Waals surface area contributed by atoms with Gasteiger partial charge in [-0.15, -0.1) is 0 Å². The Kier molecular flexibility index (Phi) is 43.5. The molecule has 1 unspecified atom stereocenters. The molecule has 0 aromatic rings. The smallest absolute Gasteiger partial charge is 0.306 e. The molecule has 6 heteroatoms. The van der Waals surface area contributed by atoms with Crippen LogP contribution in [0.25, 0.3) is 0 Å². The fourth-order valence-corrected chi connectivity index (χ4v) is 6.45. The zero-order valence-corrected chi connectivity index (χ0v) is 37.3. The average Bonchev–Trinajstić information content (AvgIpc) is 3.21. The number of hydrogen-bond acceptors (Lipinski definition) is 6. The first-order valence-corrected chi connectivity index (χ1v) is 23.8. The second-order valence-electron chi connectivity index (χ2n) is 15.6. The molecule has 0 amide bonds. The van der Waals surface area contributed by atoms with Crippen LogP contribution in [0.2, 0.25) is 0 Å². The topological polar surface area (TPSA) is 78.9 Å². The molecular weight excluding hydrogens is 709 g/mol. The molecule has 0 aliphatic heterocycles. The van der Waals surface area contributed by atoms with Gasteiger partial charge in [-0.05, 0) is 96.3 Å². The molecule has 0 aliphatic carbocycles. The van der Waals surface area contributed by atoms with Crippen molar-refractivity contribution in [3.63, 3.8) is 0 Å². The second kappa shape index (κ2) is 45.8. The predicted octanol–water partition coefficient (Wildman–Crippen LogP) is 15.3. The van der Waals surface area contributed by atoms with Crippen LogP contribution in [-0.4, -0.2) is 37.2 Å². The summed E-state index contributed by atoms with van der Waals surface area (Å²) in [5, 5.41) is 0. The number of carbonyl (C=O) groups is 3. The second-order valence-corrected chi connectivity index (χ2v) is 15.6. The Morgan fingerprint density at radius 1 is 0.368 bits per heavy atom. The molecule has 0 rings (SSSR count). The van der Waals surface area contributed by atoms with E-state index in [0.29, 0.717) is 19.3 Å². The zero-order valence-electron chi connectivity index (χ0n) is 37.3. The van der Waals surface area contributed by atoms with E-state index in [9.17, 15) is 14.4 Å². The minimum atomic E-state index is -0.786. The highest BCUT2D eigenvalue weighted by atomic mass is 16.6. The Morgan fingerprint density at radius 2 is 0.684 bits per heavy atom. The lowest BCUT2D eigenvalue weighted by Gasteiger charge is -2.18. The molecule has 57 heavy (non-hydrogen) atoms. The van der Waals surface area contributed by atoms with Crippen LogP contribution in [0.1, 0.15) is 226 Å². The van der Waals surface area contributed by atoms with Crippen molar-refractivity contribution in [1.29, 1.82) is 0 Å². The van der Waals surface area contributed by atoms with E-state index in [1.54, 1.807) is 0 Å². The predicted molar refractivity (Wildman–Crippen MR) is 242 cm³/mol. The maximum absolute atomic E-state index is 12.7. The van der Waals surface area contributed by atoms with Gasteiger partial charge < -0.3 is 14.2 Å². The number of esters is 3. The van der Waals surface area contributed by atoms with Crippen molar-refractivity contribution in [3.8, 4) is 0 Å². The van der Waals surface area contributed by atoms with Gasteiger partial charge in [0, 0.05) is 19.3 Å². The molecule has 0 radical (unpaired) electrons. The molecule has 1 atom stereocenters. The van der Waals surface area contributed by atoms with Crippen LogP contribution in [0, 0.1) is 0 Å². The zero-order chi connectivity index (χ0) is 41.5. The summed E-state index contributed by atoms with van der Waals surface area (Å²) in [5.74, 6) is -0.923. The minimum Gasteiger partial charge on any atom is -0.462 e. The fraction of sp³-hybridized carbons (Fsp3) is 0.745. The number of hydrogen-bond donors (Lipinski definition) is 0. The summed E-state index contributed by atoms with van der Waals surface area (Å²) in [4.78, 5) is 37.8. The first-order chi connectivity index (χ1) is 28.0. The number of carbonyl (C=O) groups excluding carboxylic acids is 3. The van der Waals surface area contributed by atoms with Gasteiger partial charge in [-0.25, -0.2) is 0 Å². The van der Waals surface area contributed by atoms with E-state index in [2.05, 4.69) is 81.5 Å². The van der Waals surface area contributed by atoms with Gasteiger partial charge in [0.05, 0.1) is 0 Å². The van der Waals surface area contributed by atoms with Crippen molar-refractivity contribution in [2.75, 3.05) is 13.2 Å². The SMILES string of the molecule is CC/C=C\C/C=C\CCCCCCCC(=O)OCC(COC(=O)CCCCCCCCC/C=C\CCCCCC)OC(=O)CCCCCCC/C=C\C/C=C\CC. The highest BCUT2D eigenvalue weighted by Gasteiger charge is 2.19. The first-order valence-electron chi connectivity index (χ1n) is 23.8. The highest BCUT2D eigenvalue weighted by Crippen LogP contribution is 2.14. The highest BCUT2D eigenvalue weighted by molar-refractivity contribution is 5.71. The number of unbranched alkanes of at least 4 members (excludes halogenated alkanes) is 21. The molecule has 0 N–H and O–H groups in total. The van der Waals surface area contributed by atoms with E-state index >= 15 is 0 Å². The van der Waals surface area contributed by atoms with Gasteiger partial charge >= 0.3 is 17.9 Å². The fourth-order valence-electron chi connectivity index (χ4n) is 6.45. The molecule has 328 valence electrons. The largest absolute Gasteiger partial charge is 0.462 e. The summed E-state index contributed by atoms with van der Waals surface area (Å²) >= 11 is 0. The Morgan fingerprint density at radius 3 is 1.07 bits per heavy atom. The monoisotopic (exact) mass is 797 g/mol. The summed E-state index contributed by atoms with van der Waals surface area (Å²) < 4.78 is 16.7. The van der Waals surface area contributed by atoms with Gasteiger partial charge in [-0.1, -0.05) is 171 Å². The maximum atomic E-state index is 12.7. The molecule has 0 aromatic heterocycles. The van der Waals surface area contributed by atoms with E-state index < -0.39 is 6.10 Å². The molecule has 0 fully saturated rings. The van der Waals surface area contributed by atoms with Crippen molar-refractivity contribution in [1.82, 2.24) is 0 Å². The summed E-state index contributed by atoms with van der Waals surface area (Å²) in [6.45, 7) is 6.37. The van der Waals surface area contributed by atoms with Gasteiger partial charge in [0.2, 0.25) is 0 Å². The van der Waals surface area contributed by atoms with Gasteiger partial charge in [0.25, 0.3) is 0 Å². The number of allylic oxidation sites excluding steroid dienone is 10. The third kappa shape index (κ3) is 44.1. The first kappa shape index (κ1) is 54.1. The summed E-state index contributed by atoms with van der Waals surface area (Å²) in [7, 11) is 0. The molecule has 0 aromatic carbocycles. The number of ether oxygens (including phenoxy) is 3. The summed E-state index contributed by atoms with van der Waals surface area (Å²) in [5.41, 5.74) is 0. The summed E-state index contributed by atoms with van der Waals surface area (Å²) in [6, 6.07) is 0. The average molecular weight is 797 g/mol. The van der Waals surface area contributed by atoms with Crippen LogP contribution in [-0.2, 0) is 28.6 Å². The van der Waals surface area contributed by atoms with Crippen molar-refractivity contribution in [2.24, 2.45) is 0 Å². The van der Waals surface area contributed by atoms with Crippen molar-refractivity contribution < 1.29 is 28.6 Å². The van der Waals surface area contributed by atoms with E-state index in [4.69, 9.17) is 14.2 Å². The molecule has 6 nitrogen and oxygen atoms in total. The quantitative estimate of drug-likeness (QED) is 0.0265. The van der Waals surface area contributed by atoms with Gasteiger partial charge in [0.1, 0.15) is 13.2 Å². The van der Waals surface area contributed by atoms with Crippen LogP contribution in [0.4, 0.5) is 0 Å². The Balaban J connectivity index is 4.40. The lowest BCUT2D eigenvalue weighted by Crippen LogP contribution is -2.30. The van der Waals surface area contributed by atoms with Crippen LogP contribution < -0.4 is 0 Å². The standard InChI is InChI=1S/C51H88O6/c1-4-7-10-13-16-19-22-25-26-27-30-32-35-38-41-44-50(53)56-47-48(57-51(54)45-42-39-36-33-29-24-21-18-15-12-9-6-3)46-55-49(52)43-40-37-34-31-28-23-20-17-14-11-8-5-2/h8-9,11-12,17-22,48H,4-7,10,13-16,23-47H2,1-3H3/b11-8-,12-9-,20-17-,21-18-,22-19-. The number of rotatable bonds is 42. The molecule has 0 saturated carbocycles. The molecular formula is C51H88O6. The van der Waals surface area contributed by atoms with Gasteiger partial charge in [-0.3, -0.25) is 14.4 Å². The molecule has 0 spiro atoms. The lowest BCUT2D eigenvalue weighted by molar-refractivity contribution is -0.167. The van der Waals surface area contributed by atoms with Crippen molar-refractivity contribution in [3.05, 3.63) is 60.8 Å². The summed E-state index contributed by atoms with van der Waals surface area (Å²) in [6.07, 6.45) is 54.9. The molecule has 0 saturated heterocycles. The molecule has 0 heterocycles. The van der Waals surface area contributed by atoms with Crippen molar-refractivity contribution in [2.45, 2.75) is 232 Å². The minimum absolute atomic E-state index is 0.0872. The molecule has 0 aliphatic rings. The Bertz CT molecular complexity index is 1050. The van der Waals surface area contributed by atoms with Gasteiger partial charge in [-0.2, -0.15) is 0 Å². The van der Waals surface area contributed by atoms with Crippen LogP contribution in [0.5, 0.6) is 0 Å². The van der Waals surface area contributed by atoms with E-state index in [1.165, 1.54) is 64.2 Å². The van der Waals surface area contributed by atoms with Gasteiger partial charge in [0.15, 0.2) is 6.10 Å². The Labute approximate surface area is 351 Å². The van der Waals surface area contributed by atoms with Crippen molar-refractivity contribution >= 4 is 17.9 Å². The van der Waals surface area contributed by atoms with E-state index in [0.717, 1.165) is 122 Å². The normalized spacial score (nSPS) is 12.5.